The van der Waals surface area contributed by atoms with E-state index in [9.17, 15) is 9.18 Å². The molecule has 0 aliphatic heterocycles. The average molecular weight is 347 g/mol. The molecule has 0 amide bonds. The number of benzene rings is 2. The van der Waals surface area contributed by atoms with Gasteiger partial charge in [0, 0.05) is 13.7 Å². The second kappa shape index (κ2) is 9.76. The van der Waals surface area contributed by atoms with Crippen molar-refractivity contribution in [1.29, 1.82) is 0 Å². The summed E-state index contributed by atoms with van der Waals surface area (Å²) in [6, 6.07) is 13.3. The fraction of sp³-hybridized carbons (Fsp3) is 0.316. The topological polar surface area (TPSA) is 56.8 Å². The van der Waals surface area contributed by atoms with Crippen molar-refractivity contribution in [1.82, 2.24) is 5.32 Å². The van der Waals surface area contributed by atoms with Crippen molar-refractivity contribution >= 4 is 5.97 Å². The Labute approximate surface area is 146 Å². The number of nitrogens with one attached hydrogen (secondary N) is 1. The number of carbonyl (C=O) groups is 1. The van der Waals surface area contributed by atoms with Crippen LogP contribution in [-0.4, -0.2) is 32.8 Å². The monoisotopic (exact) mass is 347 g/mol. The predicted octanol–water partition coefficient (Wildman–Crippen LogP) is 2.68. The number of carbonyl (C=O) groups excluding carboxylic acids is 1. The van der Waals surface area contributed by atoms with E-state index in [1.807, 2.05) is 30.3 Å². The van der Waals surface area contributed by atoms with E-state index in [1.165, 1.54) is 26.4 Å². The first-order valence-electron chi connectivity index (χ1n) is 7.88. The predicted molar refractivity (Wildman–Crippen MR) is 91.7 cm³/mol. The highest BCUT2D eigenvalue weighted by molar-refractivity contribution is 5.75. The first-order valence-corrected chi connectivity index (χ1v) is 7.88. The molecule has 6 heteroatoms. The molecule has 1 atom stereocenters. The molecule has 0 aliphatic rings. The molecule has 2 aromatic rings. The first kappa shape index (κ1) is 18.9. The Kier molecular flexibility index (Phi) is 7.37. The van der Waals surface area contributed by atoms with Crippen molar-refractivity contribution in [3.05, 3.63) is 65.5 Å². The van der Waals surface area contributed by atoms with E-state index in [2.05, 4.69) is 5.32 Å². The Morgan fingerprint density at radius 1 is 1.12 bits per heavy atom. The minimum atomic E-state index is -0.515. The number of rotatable bonds is 9. The van der Waals surface area contributed by atoms with Crippen LogP contribution in [0.15, 0.2) is 48.5 Å². The third kappa shape index (κ3) is 6.17. The van der Waals surface area contributed by atoms with Crippen LogP contribution in [-0.2, 0) is 27.4 Å². The van der Waals surface area contributed by atoms with Gasteiger partial charge in [0.1, 0.15) is 24.2 Å². The van der Waals surface area contributed by atoms with Crippen LogP contribution in [0.5, 0.6) is 5.75 Å². The summed E-state index contributed by atoms with van der Waals surface area (Å²) in [5, 5.41) is 3.09. The fourth-order valence-electron chi connectivity index (χ4n) is 2.26. The molecular weight excluding hydrogens is 325 g/mol. The second-order valence-corrected chi connectivity index (χ2v) is 5.47. The number of halogens is 1. The number of hydrogen-bond donors (Lipinski definition) is 1. The Morgan fingerprint density at radius 3 is 2.52 bits per heavy atom. The molecule has 0 radical (unpaired) electrons. The number of methoxy groups -OCH3 is 2. The van der Waals surface area contributed by atoms with Crippen molar-refractivity contribution < 1.29 is 23.4 Å². The van der Waals surface area contributed by atoms with Crippen molar-refractivity contribution in [2.75, 3.05) is 20.8 Å². The third-order valence-electron chi connectivity index (χ3n) is 3.59. The van der Waals surface area contributed by atoms with Crippen LogP contribution >= 0.6 is 0 Å². The number of ether oxygens (including phenoxy) is 3. The molecule has 2 rings (SSSR count). The molecule has 25 heavy (non-hydrogen) atoms. The van der Waals surface area contributed by atoms with Gasteiger partial charge in [-0.05, 0) is 35.4 Å². The lowest BCUT2D eigenvalue weighted by Crippen LogP contribution is -2.40. The quantitative estimate of drug-likeness (QED) is 0.707. The molecule has 0 fully saturated rings. The first-order chi connectivity index (χ1) is 12.1. The molecule has 0 bridgehead atoms. The maximum absolute atomic E-state index is 13.1. The Hall–Kier alpha value is -2.44. The zero-order valence-corrected chi connectivity index (χ0v) is 14.3. The van der Waals surface area contributed by atoms with E-state index in [1.54, 1.807) is 6.07 Å². The molecule has 0 aromatic heterocycles. The van der Waals surface area contributed by atoms with E-state index in [4.69, 9.17) is 14.2 Å². The van der Waals surface area contributed by atoms with Gasteiger partial charge >= 0.3 is 5.97 Å². The van der Waals surface area contributed by atoms with E-state index < -0.39 is 6.04 Å². The minimum Gasteiger partial charge on any atom is -0.489 e. The summed E-state index contributed by atoms with van der Waals surface area (Å²) in [6.45, 7) is 1.03. The van der Waals surface area contributed by atoms with Crippen LogP contribution in [0.2, 0.25) is 0 Å². The van der Waals surface area contributed by atoms with E-state index in [-0.39, 0.29) is 18.4 Å². The Bertz CT molecular complexity index is 675. The van der Waals surface area contributed by atoms with Gasteiger partial charge in [-0.2, -0.15) is 0 Å². The van der Waals surface area contributed by atoms with Crippen LogP contribution in [0.4, 0.5) is 4.39 Å². The standard InChI is InChI=1S/C19H22FNO4/c1-23-13-18(19(22)24-2)21-11-14-6-8-17(9-7-14)25-12-15-4-3-5-16(20)10-15/h3-10,18,21H,11-13H2,1-2H3. The van der Waals surface area contributed by atoms with E-state index in [0.29, 0.717) is 18.9 Å². The largest absolute Gasteiger partial charge is 0.489 e. The van der Waals surface area contributed by atoms with Crippen molar-refractivity contribution in [2.24, 2.45) is 0 Å². The van der Waals surface area contributed by atoms with E-state index in [0.717, 1.165) is 11.1 Å². The van der Waals surface area contributed by atoms with Crippen molar-refractivity contribution in [3.8, 4) is 5.75 Å². The van der Waals surface area contributed by atoms with Crippen molar-refractivity contribution in [3.63, 3.8) is 0 Å². The summed E-state index contributed by atoms with van der Waals surface area (Å²) in [7, 11) is 2.87. The van der Waals surface area contributed by atoms with E-state index >= 15 is 0 Å². The highest BCUT2D eigenvalue weighted by Gasteiger charge is 2.17. The SMILES string of the molecule is COCC(NCc1ccc(OCc2cccc(F)c2)cc1)C(=O)OC. The van der Waals surface area contributed by atoms with Gasteiger partial charge in [0.15, 0.2) is 0 Å². The van der Waals surface area contributed by atoms with Crippen LogP contribution in [0.25, 0.3) is 0 Å². The molecule has 0 spiro atoms. The van der Waals surface area contributed by atoms with Crippen LogP contribution in [0.3, 0.4) is 0 Å². The van der Waals surface area contributed by atoms with Crippen LogP contribution in [0.1, 0.15) is 11.1 Å². The average Bonchev–Trinajstić information content (AvgIpc) is 2.63. The summed E-state index contributed by atoms with van der Waals surface area (Å²) >= 11 is 0. The normalized spacial score (nSPS) is 11.8. The van der Waals surface area contributed by atoms with Crippen LogP contribution < -0.4 is 10.1 Å². The smallest absolute Gasteiger partial charge is 0.325 e. The maximum Gasteiger partial charge on any atom is 0.325 e. The highest BCUT2D eigenvalue weighted by atomic mass is 19.1. The Balaban J connectivity index is 1.85. The lowest BCUT2D eigenvalue weighted by molar-refractivity contribution is -0.144. The lowest BCUT2D eigenvalue weighted by atomic mass is 10.2. The molecule has 134 valence electrons. The van der Waals surface area contributed by atoms with Gasteiger partial charge < -0.3 is 14.2 Å². The summed E-state index contributed by atoms with van der Waals surface area (Å²) in [5.41, 5.74) is 1.76. The van der Waals surface area contributed by atoms with Gasteiger partial charge in [0.25, 0.3) is 0 Å². The molecule has 1 N–H and O–H groups in total. The molecule has 5 nitrogen and oxygen atoms in total. The summed E-state index contributed by atoms with van der Waals surface area (Å²) in [6.07, 6.45) is 0. The Morgan fingerprint density at radius 2 is 1.88 bits per heavy atom. The van der Waals surface area contributed by atoms with Gasteiger partial charge in [-0.25, -0.2) is 4.39 Å². The lowest BCUT2D eigenvalue weighted by Gasteiger charge is -2.15. The minimum absolute atomic E-state index is 0.238. The zero-order chi connectivity index (χ0) is 18.1. The molecule has 0 saturated heterocycles. The fourth-order valence-corrected chi connectivity index (χ4v) is 2.26. The molecule has 0 heterocycles. The third-order valence-corrected chi connectivity index (χ3v) is 3.59. The van der Waals surface area contributed by atoms with Gasteiger partial charge in [0.05, 0.1) is 13.7 Å². The van der Waals surface area contributed by atoms with Gasteiger partial charge in [-0.1, -0.05) is 24.3 Å². The number of esters is 1. The molecule has 0 aliphatic carbocycles. The maximum atomic E-state index is 13.1. The van der Waals surface area contributed by atoms with Crippen LogP contribution in [0, 0.1) is 5.82 Å². The summed E-state index contributed by atoms with van der Waals surface area (Å²) in [4.78, 5) is 11.6. The molecule has 1 unspecified atom stereocenters. The highest BCUT2D eigenvalue weighted by Crippen LogP contribution is 2.15. The molecular formula is C19H22FNO4. The summed E-state index contributed by atoms with van der Waals surface area (Å²) in [5.74, 6) is 0.0464. The van der Waals surface area contributed by atoms with Gasteiger partial charge in [-0.3, -0.25) is 10.1 Å². The molecule has 0 saturated carbocycles. The number of hydrogen-bond acceptors (Lipinski definition) is 5. The second-order valence-electron chi connectivity index (χ2n) is 5.47. The molecule has 2 aromatic carbocycles. The van der Waals surface area contributed by atoms with Crippen molar-refractivity contribution in [2.45, 2.75) is 19.2 Å². The van der Waals surface area contributed by atoms with Gasteiger partial charge in [0.2, 0.25) is 0 Å². The zero-order valence-electron chi connectivity index (χ0n) is 14.3. The summed E-state index contributed by atoms with van der Waals surface area (Å²) < 4.78 is 28.5. The van der Waals surface area contributed by atoms with Gasteiger partial charge in [-0.15, -0.1) is 0 Å².